The second-order valence-corrected chi connectivity index (χ2v) is 7.99. The molecule has 3 rings (SSSR count). The predicted molar refractivity (Wildman–Crippen MR) is 102 cm³/mol. The fraction of sp³-hybridized carbons (Fsp3) is 0.235. The van der Waals surface area contributed by atoms with Crippen molar-refractivity contribution in [3.63, 3.8) is 0 Å². The molecule has 2 aromatic carbocycles. The Kier molecular flexibility index (Phi) is 5.48. The van der Waals surface area contributed by atoms with Crippen molar-refractivity contribution in [2.75, 3.05) is 16.2 Å². The van der Waals surface area contributed by atoms with Gasteiger partial charge < -0.3 is 9.84 Å². The fourth-order valence-electron chi connectivity index (χ4n) is 3.00. The molecule has 1 aliphatic rings. The van der Waals surface area contributed by atoms with Gasteiger partial charge in [-0.05, 0) is 54.9 Å². The summed E-state index contributed by atoms with van der Waals surface area (Å²) < 4.78 is 46.8. The molecule has 152 valence electrons. The Hall–Kier alpha value is -3.50. The number of halogens is 1. The number of azide groups is 1. The number of nitrogens with zero attached hydrogens (tertiary/aromatic N) is 4. The second-order valence-electron chi connectivity index (χ2n) is 6.18. The molecule has 0 saturated heterocycles. The maximum absolute atomic E-state index is 13.3. The number of carboxylic acid groups (broad SMARTS) is 1. The van der Waals surface area contributed by atoms with Gasteiger partial charge in [0, 0.05) is 10.6 Å². The largest absolute Gasteiger partial charge is 0.486 e. The second kappa shape index (κ2) is 7.86. The molecular weight excluding hydrogens is 405 g/mol. The number of benzene rings is 2. The highest BCUT2D eigenvalue weighted by Gasteiger charge is 2.40. The molecule has 2 atom stereocenters. The highest BCUT2D eigenvalue weighted by molar-refractivity contribution is 7.92. The summed E-state index contributed by atoms with van der Waals surface area (Å²) in [7, 11) is -4.17. The maximum atomic E-state index is 13.3. The Bertz CT molecular complexity index is 1090. The molecule has 0 saturated carbocycles. The zero-order chi connectivity index (χ0) is 21.2. The van der Waals surface area contributed by atoms with Crippen molar-refractivity contribution >= 4 is 27.5 Å². The van der Waals surface area contributed by atoms with Crippen LogP contribution in [0, 0.1) is 5.82 Å². The van der Waals surface area contributed by atoms with Crippen LogP contribution in [0.3, 0.4) is 0 Å². The number of hydrogen-bond acceptors (Lipinski definition) is 5. The summed E-state index contributed by atoms with van der Waals surface area (Å²) in [5.74, 6) is -0.420. The zero-order valence-corrected chi connectivity index (χ0v) is 15.9. The molecule has 1 amide bonds. The van der Waals surface area contributed by atoms with Gasteiger partial charge in [0.05, 0.1) is 23.2 Å². The van der Waals surface area contributed by atoms with Gasteiger partial charge in [-0.1, -0.05) is 5.11 Å². The molecular formula is C17H16FN5O5S. The number of carbonyl (C=O) groups is 1. The van der Waals surface area contributed by atoms with Crippen LogP contribution in [0.4, 0.5) is 20.6 Å². The predicted octanol–water partition coefficient (Wildman–Crippen LogP) is 3.57. The van der Waals surface area contributed by atoms with E-state index in [1.54, 1.807) is 6.92 Å². The number of sulfonamides is 1. The average molecular weight is 421 g/mol. The molecule has 29 heavy (non-hydrogen) atoms. The van der Waals surface area contributed by atoms with E-state index in [1.807, 2.05) is 0 Å². The first kappa shape index (κ1) is 20.2. The Labute approximate surface area is 165 Å². The molecule has 0 fully saturated rings. The lowest BCUT2D eigenvalue weighted by Crippen LogP contribution is -2.51. The Morgan fingerprint density at radius 3 is 2.66 bits per heavy atom. The van der Waals surface area contributed by atoms with E-state index in [1.165, 1.54) is 18.2 Å². The van der Waals surface area contributed by atoms with E-state index in [2.05, 4.69) is 15.3 Å². The standard InChI is InChI=1S/C17H16FN5O5S/c1-10-16(9-20-22-19)28-15-7-4-12(21-17(24)25)8-14(15)23(10)29(26,27)13-5-2-11(18)3-6-13/h2-8,10,16,21H,9H2,1H3,(H,24,25)/t10-,16+/m1/s1. The normalized spacial score (nSPS) is 18.2. The number of fused-ring (bicyclic) bond motifs is 1. The molecule has 2 N–H and O–H groups in total. The number of hydrogen-bond donors (Lipinski definition) is 2. The molecule has 1 heterocycles. The number of anilines is 2. The quantitative estimate of drug-likeness (QED) is 0.431. The average Bonchev–Trinajstić information content (AvgIpc) is 2.66. The monoisotopic (exact) mass is 421 g/mol. The van der Waals surface area contributed by atoms with Crippen LogP contribution in [0.25, 0.3) is 10.4 Å². The van der Waals surface area contributed by atoms with Crippen LogP contribution in [-0.4, -0.2) is 38.3 Å². The SMILES string of the molecule is C[C@@H]1[C@H](CN=[N+]=[N-])Oc2ccc(NC(=O)O)cc2N1S(=O)(=O)c1ccc(F)cc1. The van der Waals surface area contributed by atoms with E-state index in [4.69, 9.17) is 15.4 Å². The van der Waals surface area contributed by atoms with Crippen molar-refractivity contribution in [1.29, 1.82) is 0 Å². The van der Waals surface area contributed by atoms with Crippen molar-refractivity contribution in [2.45, 2.75) is 24.0 Å². The lowest BCUT2D eigenvalue weighted by molar-refractivity contribution is 0.174. The summed E-state index contributed by atoms with van der Waals surface area (Å²) in [5, 5.41) is 14.6. The van der Waals surface area contributed by atoms with Crippen molar-refractivity contribution in [3.05, 3.63) is 58.7 Å². The lowest BCUT2D eigenvalue weighted by atomic mass is 10.1. The minimum absolute atomic E-state index is 0.102. The van der Waals surface area contributed by atoms with Crippen molar-refractivity contribution in [2.24, 2.45) is 5.11 Å². The summed E-state index contributed by atoms with van der Waals surface area (Å²) >= 11 is 0. The van der Waals surface area contributed by atoms with E-state index >= 15 is 0 Å². The fourth-order valence-corrected chi connectivity index (χ4v) is 4.68. The summed E-state index contributed by atoms with van der Waals surface area (Å²) in [6.45, 7) is 1.44. The number of ether oxygens (including phenoxy) is 1. The van der Waals surface area contributed by atoms with Gasteiger partial charge in [0.1, 0.15) is 17.7 Å². The van der Waals surface area contributed by atoms with Gasteiger partial charge in [0.2, 0.25) is 0 Å². The van der Waals surface area contributed by atoms with Crippen LogP contribution in [0.2, 0.25) is 0 Å². The minimum Gasteiger partial charge on any atom is -0.486 e. The third-order valence-electron chi connectivity index (χ3n) is 4.33. The van der Waals surface area contributed by atoms with Crippen LogP contribution in [0.15, 0.2) is 52.5 Å². The first-order valence-electron chi connectivity index (χ1n) is 8.35. The van der Waals surface area contributed by atoms with Crippen LogP contribution in [0.5, 0.6) is 5.75 Å². The molecule has 0 radical (unpaired) electrons. The van der Waals surface area contributed by atoms with E-state index < -0.39 is 34.1 Å². The van der Waals surface area contributed by atoms with Gasteiger partial charge in [-0.15, -0.1) is 0 Å². The summed E-state index contributed by atoms with van der Waals surface area (Å²) in [6.07, 6.45) is -2.10. The maximum Gasteiger partial charge on any atom is 0.409 e. The molecule has 10 nitrogen and oxygen atoms in total. The topological polar surface area (TPSA) is 145 Å². The van der Waals surface area contributed by atoms with Crippen LogP contribution < -0.4 is 14.4 Å². The number of amides is 1. The van der Waals surface area contributed by atoms with Crippen molar-refractivity contribution in [3.8, 4) is 5.75 Å². The van der Waals surface area contributed by atoms with Gasteiger partial charge in [-0.3, -0.25) is 9.62 Å². The van der Waals surface area contributed by atoms with E-state index in [-0.39, 0.29) is 28.6 Å². The van der Waals surface area contributed by atoms with E-state index in [0.717, 1.165) is 28.6 Å². The third kappa shape index (κ3) is 4.03. The first-order chi connectivity index (χ1) is 13.7. The minimum atomic E-state index is -4.17. The van der Waals surface area contributed by atoms with Crippen LogP contribution >= 0.6 is 0 Å². The molecule has 1 aliphatic heterocycles. The number of nitrogens with one attached hydrogen (secondary N) is 1. The number of rotatable bonds is 5. The molecule has 0 spiro atoms. The smallest absolute Gasteiger partial charge is 0.409 e. The summed E-state index contributed by atoms with van der Waals surface area (Å²) in [5.41, 5.74) is 8.84. The van der Waals surface area contributed by atoms with E-state index in [9.17, 15) is 17.6 Å². The van der Waals surface area contributed by atoms with Crippen molar-refractivity contribution in [1.82, 2.24) is 0 Å². The van der Waals surface area contributed by atoms with Crippen LogP contribution in [-0.2, 0) is 10.0 Å². The molecule has 0 aromatic heterocycles. The lowest BCUT2D eigenvalue weighted by Gasteiger charge is -2.40. The van der Waals surface area contributed by atoms with Crippen LogP contribution in [0.1, 0.15) is 6.92 Å². The molecule has 2 aromatic rings. The van der Waals surface area contributed by atoms with Gasteiger partial charge in [0.15, 0.2) is 0 Å². The van der Waals surface area contributed by atoms with Gasteiger partial charge in [-0.2, -0.15) is 0 Å². The van der Waals surface area contributed by atoms with Gasteiger partial charge in [-0.25, -0.2) is 17.6 Å². The highest BCUT2D eigenvalue weighted by Crippen LogP contribution is 2.41. The first-order valence-corrected chi connectivity index (χ1v) is 9.79. The van der Waals surface area contributed by atoms with E-state index in [0.29, 0.717) is 0 Å². The van der Waals surface area contributed by atoms with Crippen molar-refractivity contribution < 1.29 is 27.4 Å². The molecule has 0 unspecified atom stereocenters. The molecule has 0 bridgehead atoms. The molecule has 12 heteroatoms. The molecule has 0 aliphatic carbocycles. The third-order valence-corrected chi connectivity index (χ3v) is 6.24. The highest BCUT2D eigenvalue weighted by atomic mass is 32.2. The Morgan fingerprint density at radius 2 is 2.03 bits per heavy atom. The summed E-state index contributed by atoms with van der Waals surface area (Å²) in [6, 6.07) is 7.67. The Morgan fingerprint density at radius 1 is 1.34 bits per heavy atom. The summed E-state index contributed by atoms with van der Waals surface area (Å²) in [4.78, 5) is 13.5. The zero-order valence-electron chi connectivity index (χ0n) is 15.1. The van der Waals surface area contributed by atoms with Gasteiger partial charge in [0.25, 0.3) is 10.0 Å². The Balaban J connectivity index is 2.14. The van der Waals surface area contributed by atoms with Gasteiger partial charge >= 0.3 is 6.09 Å².